The number of alkyl halides is 4. The zero-order chi connectivity index (χ0) is 24.6. The highest BCUT2D eigenvalue weighted by molar-refractivity contribution is 5.86. The third kappa shape index (κ3) is 5.41. The molecule has 2 amide bonds. The Morgan fingerprint density at radius 1 is 1.26 bits per heavy atom. The van der Waals surface area contributed by atoms with Gasteiger partial charge in [-0.2, -0.15) is 5.26 Å². The van der Waals surface area contributed by atoms with E-state index in [-0.39, 0.29) is 37.9 Å². The van der Waals surface area contributed by atoms with Crippen molar-refractivity contribution in [2.75, 3.05) is 13.1 Å². The van der Waals surface area contributed by atoms with E-state index < -0.39 is 53.7 Å². The zero-order valence-electron chi connectivity index (χ0n) is 18.3. The van der Waals surface area contributed by atoms with Crippen LogP contribution < -0.4 is 10.6 Å². The summed E-state index contributed by atoms with van der Waals surface area (Å²) in [6.07, 6.45) is 0.734. The quantitative estimate of drug-likeness (QED) is 0.551. The highest BCUT2D eigenvalue weighted by atomic mass is 19.3. The van der Waals surface area contributed by atoms with Crippen LogP contribution >= 0.6 is 0 Å². The number of piperidine rings is 1. The SMILES string of the molecule is N#CC1(NC(=O)[C@H](CC(F)(F)Cc2cccnc2)NC(=O)ON2CCC3(CC2)CC3(F)F)CC1. The van der Waals surface area contributed by atoms with Gasteiger partial charge in [-0.15, -0.1) is 5.06 Å². The summed E-state index contributed by atoms with van der Waals surface area (Å²) in [6.45, 7) is 0.156. The second-order valence-corrected chi connectivity index (χ2v) is 9.45. The summed E-state index contributed by atoms with van der Waals surface area (Å²) in [5.74, 6) is -7.00. The summed E-state index contributed by atoms with van der Waals surface area (Å²) in [4.78, 5) is 34.0. The van der Waals surface area contributed by atoms with Gasteiger partial charge in [-0.05, 0) is 37.3 Å². The zero-order valence-corrected chi connectivity index (χ0v) is 18.3. The van der Waals surface area contributed by atoms with E-state index in [9.17, 15) is 32.4 Å². The number of rotatable bonds is 8. The predicted octanol–water partition coefficient (Wildman–Crippen LogP) is 2.95. The second-order valence-electron chi connectivity index (χ2n) is 9.45. The second kappa shape index (κ2) is 8.69. The van der Waals surface area contributed by atoms with E-state index in [1.807, 2.05) is 6.07 Å². The number of aromatic nitrogens is 1. The van der Waals surface area contributed by atoms with E-state index in [0.717, 1.165) is 0 Å². The van der Waals surface area contributed by atoms with Crippen LogP contribution in [0.1, 0.15) is 44.1 Å². The molecule has 1 aromatic heterocycles. The van der Waals surface area contributed by atoms with Gasteiger partial charge in [0.2, 0.25) is 5.91 Å². The van der Waals surface area contributed by atoms with Gasteiger partial charge in [-0.3, -0.25) is 9.78 Å². The lowest BCUT2D eigenvalue weighted by atomic mass is 9.94. The van der Waals surface area contributed by atoms with Gasteiger partial charge in [0.25, 0.3) is 11.8 Å². The van der Waals surface area contributed by atoms with Gasteiger partial charge in [0.1, 0.15) is 11.6 Å². The maximum Gasteiger partial charge on any atom is 0.426 e. The number of pyridine rings is 1. The fourth-order valence-corrected chi connectivity index (χ4v) is 4.31. The molecule has 0 unspecified atom stereocenters. The van der Waals surface area contributed by atoms with Gasteiger partial charge >= 0.3 is 6.09 Å². The number of carbonyl (C=O) groups excluding carboxylic acids is 2. The average Bonchev–Trinajstić information content (AvgIpc) is 3.65. The van der Waals surface area contributed by atoms with Crippen molar-refractivity contribution in [3.8, 4) is 6.07 Å². The molecule has 3 aliphatic rings. The number of carbonyl (C=O) groups is 2. The molecule has 2 N–H and O–H groups in total. The standard InChI is InChI=1S/C22H25F4N5O3/c23-21(24,10-15-2-1-7-28-12-15)11-16(17(32)30-20(14-27)3-4-20)29-18(33)34-31-8-5-19(6-9-31)13-22(19,25)26/h1-2,7,12,16H,3-6,8-11,13H2,(H,29,33)(H,30,32)/t16-/m0/s1. The summed E-state index contributed by atoms with van der Waals surface area (Å²) in [5, 5.41) is 15.0. The van der Waals surface area contributed by atoms with Crippen LogP contribution in [0, 0.1) is 16.7 Å². The highest BCUT2D eigenvalue weighted by Gasteiger charge is 2.70. The summed E-state index contributed by atoms with van der Waals surface area (Å²) in [7, 11) is 0. The van der Waals surface area contributed by atoms with Crippen LogP contribution in [0.2, 0.25) is 0 Å². The maximum absolute atomic E-state index is 14.8. The minimum atomic E-state index is -3.38. The Morgan fingerprint density at radius 2 is 1.94 bits per heavy atom. The Labute approximate surface area is 193 Å². The summed E-state index contributed by atoms with van der Waals surface area (Å²) >= 11 is 0. The Kier molecular flexibility index (Phi) is 6.18. The van der Waals surface area contributed by atoms with Crippen LogP contribution in [-0.2, 0) is 16.1 Å². The number of hydrogen-bond acceptors (Lipinski definition) is 6. The minimum Gasteiger partial charge on any atom is -0.351 e. The molecule has 8 nitrogen and oxygen atoms in total. The molecule has 2 heterocycles. The number of hydroxylamine groups is 2. The maximum atomic E-state index is 14.8. The molecule has 0 bridgehead atoms. The van der Waals surface area contributed by atoms with Crippen molar-refractivity contribution in [3.63, 3.8) is 0 Å². The number of hydrogen-bond donors (Lipinski definition) is 2. The molecule has 1 aliphatic heterocycles. The molecular formula is C22H25F4N5O3. The Hall–Kier alpha value is -2.94. The van der Waals surface area contributed by atoms with Crippen LogP contribution in [0.15, 0.2) is 24.5 Å². The predicted molar refractivity (Wildman–Crippen MR) is 109 cm³/mol. The third-order valence-electron chi connectivity index (χ3n) is 6.73. The molecule has 34 heavy (non-hydrogen) atoms. The number of halogens is 4. The Morgan fingerprint density at radius 3 is 2.47 bits per heavy atom. The van der Waals surface area contributed by atoms with E-state index in [1.165, 1.54) is 29.6 Å². The van der Waals surface area contributed by atoms with Crippen molar-refractivity contribution < 1.29 is 32.0 Å². The number of amides is 2. The van der Waals surface area contributed by atoms with Crippen molar-refractivity contribution in [1.29, 1.82) is 5.26 Å². The number of nitrogens with zero attached hydrogens (tertiary/aromatic N) is 3. The van der Waals surface area contributed by atoms with Crippen LogP contribution in [0.4, 0.5) is 22.4 Å². The molecule has 1 spiro atoms. The molecule has 2 saturated carbocycles. The molecule has 1 saturated heterocycles. The lowest BCUT2D eigenvalue weighted by molar-refractivity contribution is -0.135. The van der Waals surface area contributed by atoms with Crippen LogP contribution in [0.25, 0.3) is 0 Å². The van der Waals surface area contributed by atoms with Crippen molar-refractivity contribution in [1.82, 2.24) is 20.7 Å². The van der Waals surface area contributed by atoms with E-state index in [2.05, 4.69) is 15.6 Å². The lowest BCUT2D eigenvalue weighted by Gasteiger charge is -2.31. The van der Waals surface area contributed by atoms with Crippen LogP contribution in [0.3, 0.4) is 0 Å². The van der Waals surface area contributed by atoms with E-state index >= 15 is 0 Å². The fourth-order valence-electron chi connectivity index (χ4n) is 4.31. The third-order valence-corrected chi connectivity index (χ3v) is 6.73. The topological polar surface area (TPSA) is 107 Å². The van der Waals surface area contributed by atoms with E-state index in [4.69, 9.17) is 4.84 Å². The molecule has 0 aromatic carbocycles. The van der Waals surface area contributed by atoms with Gasteiger partial charge in [0.15, 0.2) is 0 Å². The lowest BCUT2D eigenvalue weighted by Crippen LogP contribution is -2.53. The van der Waals surface area contributed by atoms with Crippen molar-refractivity contribution in [2.24, 2.45) is 5.41 Å². The summed E-state index contributed by atoms with van der Waals surface area (Å²) < 4.78 is 56.6. The Bertz CT molecular complexity index is 973. The highest BCUT2D eigenvalue weighted by Crippen LogP contribution is 2.65. The van der Waals surface area contributed by atoms with Crippen molar-refractivity contribution in [2.45, 2.75) is 68.4 Å². The van der Waals surface area contributed by atoms with Gasteiger partial charge in [0, 0.05) is 50.2 Å². The van der Waals surface area contributed by atoms with Gasteiger partial charge < -0.3 is 15.5 Å². The number of nitrogens with one attached hydrogen (secondary N) is 2. The monoisotopic (exact) mass is 483 g/mol. The summed E-state index contributed by atoms with van der Waals surface area (Å²) in [6, 6.07) is 3.25. The largest absolute Gasteiger partial charge is 0.426 e. The van der Waals surface area contributed by atoms with Gasteiger partial charge in [0.05, 0.1) is 6.07 Å². The van der Waals surface area contributed by atoms with Crippen molar-refractivity contribution >= 4 is 12.0 Å². The first-order valence-electron chi connectivity index (χ1n) is 11.1. The molecule has 4 rings (SSSR count). The molecule has 2 aliphatic carbocycles. The van der Waals surface area contributed by atoms with E-state index in [0.29, 0.717) is 12.8 Å². The first-order chi connectivity index (χ1) is 16.0. The van der Waals surface area contributed by atoms with Crippen LogP contribution in [0.5, 0.6) is 0 Å². The first-order valence-corrected chi connectivity index (χ1v) is 11.1. The average molecular weight is 483 g/mol. The summed E-state index contributed by atoms with van der Waals surface area (Å²) in [5.41, 5.74) is -1.91. The van der Waals surface area contributed by atoms with E-state index in [1.54, 1.807) is 0 Å². The molecule has 184 valence electrons. The molecular weight excluding hydrogens is 458 g/mol. The number of nitriles is 1. The Balaban J connectivity index is 1.37. The van der Waals surface area contributed by atoms with Gasteiger partial charge in [-0.25, -0.2) is 22.4 Å². The smallest absolute Gasteiger partial charge is 0.351 e. The minimum absolute atomic E-state index is 0.0780. The molecule has 3 fully saturated rings. The first kappa shape index (κ1) is 24.2. The normalized spacial score (nSPS) is 22.8. The molecule has 0 radical (unpaired) electrons. The fraction of sp³-hybridized carbons (Fsp3) is 0.636. The van der Waals surface area contributed by atoms with Crippen LogP contribution in [-0.4, -0.2) is 58.6 Å². The van der Waals surface area contributed by atoms with Gasteiger partial charge in [-0.1, -0.05) is 6.07 Å². The molecule has 1 aromatic rings. The molecule has 1 atom stereocenters. The van der Waals surface area contributed by atoms with Crippen molar-refractivity contribution in [3.05, 3.63) is 30.1 Å². The molecule has 12 heteroatoms.